The SMILES string of the molecule is CCC[C@H](c1nnnn1Cc1ccco1)N(CCc1ccccc1)Cc1cc2cc(C)ccc2[nH]c1=O. The number of benzene rings is 2. The van der Waals surface area contributed by atoms with Gasteiger partial charge in [-0.1, -0.05) is 55.3 Å². The van der Waals surface area contributed by atoms with Crippen molar-refractivity contribution in [3.05, 3.63) is 112 Å². The summed E-state index contributed by atoms with van der Waals surface area (Å²) in [6.07, 6.45) is 4.32. The smallest absolute Gasteiger partial charge is 0.252 e. The van der Waals surface area contributed by atoms with E-state index in [0.717, 1.165) is 59.4 Å². The van der Waals surface area contributed by atoms with Gasteiger partial charge in [-0.3, -0.25) is 9.69 Å². The standard InChI is InChI=1S/C29H32N6O2/c1-3-8-27(28-31-32-33-35(28)20-25-11-7-16-37-25)34(15-14-22-9-5-4-6-10-22)19-24-18-23-17-21(2)12-13-26(23)30-29(24)36/h4-7,9-13,16-18,27H,3,8,14-15,19-20H2,1-2H3,(H,30,36)/t27-/m1/s1. The fraction of sp³-hybridized carbons (Fsp3) is 0.310. The van der Waals surface area contributed by atoms with Gasteiger partial charge in [-0.25, -0.2) is 4.68 Å². The maximum absolute atomic E-state index is 13.1. The second-order valence-electron chi connectivity index (χ2n) is 9.50. The van der Waals surface area contributed by atoms with Crippen molar-refractivity contribution in [3.8, 4) is 0 Å². The molecule has 0 fully saturated rings. The van der Waals surface area contributed by atoms with Gasteiger partial charge in [-0.05, 0) is 71.5 Å². The lowest BCUT2D eigenvalue weighted by Crippen LogP contribution is -2.34. The Kier molecular flexibility index (Phi) is 7.56. The third-order valence-corrected chi connectivity index (χ3v) is 6.73. The number of nitrogens with zero attached hydrogens (tertiary/aromatic N) is 5. The molecule has 0 bridgehead atoms. The van der Waals surface area contributed by atoms with Crippen LogP contribution in [0.4, 0.5) is 0 Å². The second-order valence-corrected chi connectivity index (χ2v) is 9.50. The van der Waals surface area contributed by atoms with E-state index < -0.39 is 0 Å². The third kappa shape index (κ3) is 5.86. The predicted molar refractivity (Wildman–Crippen MR) is 143 cm³/mol. The fourth-order valence-electron chi connectivity index (χ4n) is 4.83. The predicted octanol–water partition coefficient (Wildman–Crippen LogP) is 5.05. The molecular formula is C29H32N6O2. The molecule has 0 radical (unpaired) electrons. The van der Waals surface area contributed by atoms with Crippen LogP contribution in [0.2, 0.25) is 0 Å². The number of aromatic amines is 1. The first-order valence-electron chi connectivity index (χ1n) is 12.8. The summed E-state index contributed by atoms with van der Waals surface area (Å²) in [7, 11) is 0. The number of pyridine rings is 1. The molecule has 0 saturated carbocycles. The number of hydrogen-bond donors (Lipinski definition) is 1. The first-order valence-corrected chi connectivity index (χ1v) is 12.8. The molecule has 190 valence electrons. The number of aryl methyl sites for hydroxylation is 1. The summed E-state index contributed by atoms with van der Waals surface area (Å²) in [4.78, 5) is 18.5. The molecule has 0 aliphatic rings. The van der Waals surface area contributed by atoms with E-state index in [9.17, 15) is 4.79 Å². The van der Waals surface area contributed by atoms with Crippen LogP contribution in [0, 0.1) is 6.92 Å². The molecule has 0 saturated heterocycles. The van der Waals surface area contributed by atoms with Gasteiger partial charge in [0.1, 0.15) is 12.3 Å². The average molecular weight is 497 g/mol. The lowest BCUT2D eigenvalue weighted by atomic mass is 10.0. The highest BCUT2D eigenvalue weighted by Crippen LogP contribution is 2.27. The summed E-state index contributed by atoms with van der Waals surface area (Å²) in [6, 6.07) is 22.2. The van der Waals surface area contributed by atoms with Gasteiger partial charge in [0.05, 0.1) is 12.3 Å². The molecule has 8 heteroatoms. The number of furan rings is 1. The number of tetrazole rings is 1. The minimum Gasteiger partial charge on any atom is -0.467 e. The highest BCUT2D eigenvalue weighted by atomic mass is 16.3. The van der Waals surface area contributed by atoms with Crippen molar-refractivity contribution >= 4 is 10.9 Å². The van der Waals surface area contributed by atoms with E-state index in [0.29, 0.717) is 13.1 Å². The molecule has 5 aromatic rings. The van der Waals surface area contributed by atoms with E-state index in [4.69, 9.17) is 4.42 Å². The zero-order chi connectivity index (χ0) is 25.6. The fourth-order valence-corrected chi connectivity index (χ4v) is 4.83. The van der Waals surface area contributed by atoms with Crippen LogP contribution in [0.15, 0.2) is 82.2 Å². The Morgan fingerprint density at radius 2 is 1.95 bits per heavy atom. The van der Waals surface area contributed by atoms with Crippen molar-refractivity contribution in [2.75, 3.05) is 6.54 Å². The van der Waals surface area contributed by atoms with Crippen LogP contribution in [0.5, 0.6) is 0 Å². The molecule has 2 aromatic carbocycles. The highest BCUT2D eigenvalue weighted by molar-refractivity contribution is 5.79. The Morgan fingerprint density at radius 3 is 2.73 bits per heavy atom. The first kappa shape index (κ1) is 24.6. The summed E-state index contributed by atoms with van der Waals surface area (Å²) in [5.74, 6) is 1.57. The molecule has 5 rings (SSSR count). The summed E-state index contributed by atoms with van der Waals surface area (Å²) in [6.45, 7) is 5.93. The topological polar surface area (TPSA) is 92.8 Å². The normalized spacial score (nSPS) is 12.4. The Labute approximate surface area is 215 Å². The molecule has 0 aliphatic heterocycles. The van der Waals surface area contributed by atoms with E-state index in [-0.39, 0.29) is 11.6 Å². The van der Waals surface area contributed by atoms with Crippen molar-refractivity contribution in [2.24, 2.45) is 0 Å². The maximum atomic E-state index is 13.1. The molecular weight excluding hydrogens is 464 g/mol. The van der Waals surface area contributed by atoms with E-state index in [1.807, 2.05) is 41.1 Å². The minimum atomic E-state index is -0.0636. The van der Waals surface area contributed by atoms with Gasteiger partial charge in [0, 0.05) is 24.2 Å². The van der Waals surface area contributed by atoms with Gasteiger partial charge >= 0.3 is 0 Å². The summed E-state index contributed by atoms with van der Waals surface area (Å²) in [5.41, 5.74) is 3.93. The number of rotatable bonds is 11. The third-order valence-electron chi connectivity index (χ3n) is 6.73. The lowest BCUT2D eigenvalue weighted by molar-refractivity contribution is 0.166. The molecule has 0 aliphatic carbocycles. The van der Waals surface area contributed by atoms with Crippen LogP contribution >= 0.6 is 0 Å². The van der Waals surface area contributed by atoms with Gasteiger partial charge < -0.3 is 9.40 Å². The average Bonchev–Trinajstić information content (AvgIpc) is 3.59. The zero-order valence-electron chi connectivity index (χ0n) is 21.3. The van der Waals surface area contributed by atoms with Crippen molar-refractivity contribution < 1.29 is 4.42 Å². The summed E-state index contributed by atoms with van der Waals surface area (Å²) in [5, 5.41) is 13.8. The van der Waals surface area contributed by atoms with Gasteiger partial charge in [0.2, 0.25) is 0 Å². The number of fused-ring (bicyclic) bond motifs is 1. The number of aromatic nitrogens is 5. The molecule has 3 aromatic heterocycles. The van der Waals surface area contributed by atoms with Gasteiger partial charge in [-0.15, -0.1) is 5.10 Å². The number of hydrogen-bond acceptors (Lipinski definition) is 6. The van der Waals surface area contributed by atoms with E-state index >= 15 is 0 Å². The van der Waals surface area contributed by atoms with E-state index in [1.54, 1.807) is 6.26 Å². The van der Waals surface area contributed by atoms with Crippen molar-refractivity contribution in [1.29, 1.82) is 0 Å². The second kappa shape index (κ2) is 11.3. The minimum absolute atomic E-state index is 0.0634. The van der Waals surface area contributed by atoms with Gasteiger partial charge in [0.15, 0.2) is 5.82 Å². The van der Waals surface area contributed by atoms with Crippen LogP contribution in [0.1, 0.15) is 54.1 Å². The van der Waals surface area contributed by atoms with Crippen LogP contribution in [-0.2, 0) is 19.5 Å². The van der Waals surface area contributed by atoms with Crippen LogP contribution < -0.4 is 5.56 Å². The molecule has 1 N–H and O–H groups in total. The maximum Gasteiger partial charge on any atom is 0.252 e. The molecule has 0 unspecified atom stereocenters. The Hall–Kier alpha value is -4.04. The largest absolute Gasteiger partial charge is 0.467 e. The Bertz CT molecular complexity index is 1490. The van der Waals surface area contributed by atoms with Crippen LogP contribution in [0.3, 0.4) is 0 Å². The molecule has 37 heavy (non-hydrogen) atoms. The van der Waals surface area contributed by atoms with E-state index in [1.165, 1.54) is 5.56 Å². The quantitative estimate of drug-likeness (QED) is 0.275. The van der Waals surface area contributed by atoms with Gasteiger partial charge in [-0.2, -0.15) is 0 Å². The van der Waals surface area contributed by atoms with Crippen molar-refractivity contribution in [2.45, 2.75) is 52.2 Å². The summed E-state index contributed by atoms with van der Waals surface area (Å²) >= 11 is 0. The molecule has 0 spiro atoms. The van der Waals surface area contributed by atoms with Crippen molar-refractivity contribution in [1.82, 2.24) is 30.1 Å². The Morgan fingerprint density at radius 1 is 1.08 bits per heavy atom. The monoisotopic (exact) mass is 496 g/mol. The summed E-state index contributed by atoms with van der Waals surface area (Å²) < 4.78 is 7.36. The zero-order valence-corrected chi connectivity index (χ0v) is 21.3. The highest BCUT2D eigenvalue weighted by Gasteiger charge is 2.27. The number of nitrogens with one attached hydrogen (secondary N) is 1. The van der Waals surface area contributed by atoms with Crippen LogP contribution in [-0.4, -0.2) is 36.6 Å². The molecule has 0 amide bonds. The van der Waals surface area contributed by atoms with Crippen molar-refractivity contribution in [3.63, 3.8) is 0 Å². The molecule has 1 atom stereocenters. The lowest BCUT2D eigenvalue weighted by Gasteiger charge is -2.31. The Balaban J connectivity index is 1.50. The van der Waals surface area contributed by atoms with E-state index in [2.05, 4.69) is 69.6 Å². The number of H-pyrrole nitrogens is 1. The first-order chi connectivity index (χ1) is 18.1. The molecule has 3 heterocycles. The molecule has 8 nitrogen and oxygen atoms in total. The van der Waals surface area contributed by atoms with Crippen LogP contribution in [0.25, 0.3) is 10.9 Å². The van der Waals surface area contributed by atoms with Gasteiger partial charge in [0.25, 0.3) is 5.56 Å².